The fourth-order valence-corrected chi connectivity index (χ4v) is 5.22. The molecule has 192 valence electrons. The maximum absolute atomic E-state index is 12.8. The van der Waals surface area contributed by atoms with Gasteiger partial charge in [0, 0.05) is 73.8 Å². The number of nitrogens with one attached hydrogen (secondary N) is 1. The minimum Gasteiger partial charge on any atom is -0.369 e. The number of hydrogen-bond donors (Lipinski definition) is 1. The number of nitrogens with zero attached hydrogens (tertiary/aromatic N) is 4. The normalized spacial score (nSPS) is 16.1. The molecule has 9 heteroatoms. The van der Waals surface area contributed by atoms with Crippen LogP contribution in [-0.4, -0.2) is 55.0 Å². The summed E-state index contributed by atoms with van der Waals surface area (Å²) in [6.07, 6.45) is 2.04. The number of nitro benzene ring substituents is 1. The lowest BCUT2D eigenvalue weighted by atomic mass is 10.1. The monoisotopic (exact) mass is 519 g/mol. The highest BCUT2D eigenvalue weighted by molar-refractivity contribution is 6.31. The Hall–Kier alpha value is -3.62. The average molecular weight is 520 g/mol. The van der Waals surface area contributed by atoms with Crippen LogP contribution in [0.5, 0.6) is 0 Å². The molecule has 1 amide bonds. The van der Waals surface area contributed by atoms with Gasteiger partial charge >= 0.3 is 0 Å². The van der Waals surface area contributed by atoms with Crippen molar-refractivity contribution in [3.63, 3.8) is 0 Å². The molecule has 2 saturated heterocycles. The molecule has 0 unspecified atom stereocenters. The molecule has 0 aromatic heterocycles. The first-order valence-electron chi connectivity index (χ1n) is 12.6. The largest absolute Gasteiger partial charge is 0.369 e. The summed E-state index contributed by atoms with van der Waals surface area (Å²) in [5.74, 6) is -0.364. The van der Waals surface area contributed by atoms with Crippen molar-refractivity contribution in [2.75, 3.05) is 54.4 Å². The first-order valence-corrected chi connectivity index (χ1v) is 13.0. The summed E-state index contributed by atoms with van der Waals surface area (Å²) in [5, 5.41) is 15.3. The van der Waals surface area contributed by atoms with Gasteiger partial charge < -0.3 is 15.1 Å². The molecule has 0 atom stereocenters. The van der Waals surface area contributed by atoms with Gasteiger partial charge in [0.1, 0.15) is 5.69 Å². The van der Waals surface area contributed by atoms with Crippen LogP contribution in [0.15, 0.2) is 66.7 Å². The minimum absolute atomic E-state index is 0.0291. The van der Waals surface area contributed by atoms with Crippen LogP contribution in [0.1, 0.15) is 28.8 Å². The molecule has 8 nitrogen and oxygen atoms in total. The number of piperazine rings is 1. The third-order valence-electron chi connectivity index (χ3n) is 7.10. The Morgan fingerprint density at radius 2 is 1.59 bits per heavy atom. The zero-order valence-electron chi connectivity index (χ0n) is 20.6. The van der Waals surface area contributed by atoms with E-state index in [-0.39, 0.29) is 17.2 Å². The van der Waals surface area contributed by atoms with E-state index in [1.54, 1.807) is 12.1 Å². The quantitative estimate of drug-likeness (QED) is 0.331. The van der Waals surface area contributed by atoms with Crippen LogP contribution in [-0.2, 0) is 6.54 Å². The molecule has 2 aliphatic heterocycles. The highest BCUT2D eigenvalue weighted by Crippen LogP contribution is 2.32. The highest BCUT2D eigenvalue weighted by Gasteiger charge is 2.24. The van der Waals surface area contributed by atoms with E-state index in [1.807, 2.05) is 47.4 Å². The Kier molecular flexibility index (Phi) is 7.58. The Balaban J connectivity index is 1.18. The smallest absolute Gasteiger partial charge is 0.293 e. The van der Waals surface area contributed by atoms with Crippen molar-refractivity contribution in [2.45, 2.75) is 19.4 Å². The van der Waals surface area contributed by atoms with E-state index in [9.17, 15) is 14.9 Å². The molecule has 2 heterocycles. The lowest BCUT2D eigenvalue weighted by Gasteiger charge is -2.36. The topological polar surface area (TPSA) is 82.0 Å². The zero-order chi connectivity index (χ0) is 25.8. The van der Waals surface area contributed by atoms with Crippen molar-refractivity contribution in [1.29, 1.82) is 0 Å². The van der Waals surface area contributed by atoms with Crippen LogP contribution >= 0.6 is 11.6 Å². The van der Waals surface area contributed by atoms with Crippen LogP contribution in [0.25, 0.3) is 0 Å². The van der Waals surface area contributed by atoms with E-state index in [4.69, 9.17) is 11.6 Å². The standard InChI is InChI=1S/C28H30ClN5O3/c29-25-6-2-1-5-22(25)20-31-15-17-32(18-16-31)24-10-8-23(9-11-24)30-28(35)21-7-12-26(27(19-21)34(36)37)33-13-3-4-14-33/h1-2,5-12,19H,3-4,13-18,20H2,(H,30,35). The summed E-state index contributed by atoms with van der Waals surface area (Å²) in [6, 6.07) is 20.4. The third-order valence-corrected chi connectivity index (χ3v) is 7.46. The van der Waals surface area contributed by atoms with Crippen molar-refractivity contribution in [2.24, 2.45) is 0 Å². The number of carbonyl (C=O) groups is 1. The Morgan fingerprint density at radius 1 is 0.892 bits per heavy atom. The Labute approximate surface area is 221 Å². The molecule has 3 aromatic carbocycles. The molecule has 0 bridgehead atoms. The minimum atomic E-state index is -0.409. The lowest BCUT2D eigenvalue weighted by Crippen LogP contribution is -2.46. The van der Waals surface area contributed by atoms with E-state index < -0.39 is 4.92 Å². The molecule has 2 aliphatic rings. The first-order chi connectivity index (χ1) is 18.0. The predicted octanol–water partition coefficient (Wildman–Crippen LogP) is 5.42. The number of benzene rings is 3. The maximum atomic E-state index is 12.8. The van der Waals surface area contributed by atoms with Gasteiger partial charge in [-0.3, -0.25) is 19.8 Å². The second-order valence-electron chi connectivity index (χ2n) is 9.51. The summed E-state index contributed by atoms with van der Waals surface area (Å²) in [5.41, 5.74) is 3.72. The van der Waals surface area contributed by atoms with Gasteiger partial charge in [0.25, 0.3) is 11.6 Å². The summed E-state index contributed by atoms with van der Waals surface area (Å²) in [6.45, 7) is 6.14. The first kappa shape index (κ1) is 25.0. The maximum Gasteiger partial charge on any atom is 0.293 e. The van der Waals surface area contributed by atoms with E-state index in [2.05, 4.69) is 21.2 Å². The van der Waals surface area contributed by atoms with Gasteiger partial charge in [0.15, 0.2) is 0 Å². The molecule has 37 heavy (non-hydrogen) atoms. The van der Waals surface area contributed by atoms with E-state index in [0.717, 1.165) is 74.9 Å². The van der Waals surface area contributed by atoms with Crippen molar-refractivity contribution < 1.29 is 9.72 Å². The molecule has 3 aromatic rings. The van der Waals surface area contributed by atoms with Gasteiger partial charge in [-0.05, 0) is 60.9 Å². The van der Waals surface area contributed by atoms with Gasteiger partial charge in [-0.2, -0.15) is 0 Å². The number of hydrogen-bond acceptors (Lipinski definition) is 6. The summed E-state index contributed by atoms with van der Waals surface area (Å²) < 4.78 is 0. The van der Waals surface area contributed by atoms with Crippen molar-refractivity contribution >= 4 is 40.3 Å². The van der Waals surface area contributed by atoms with E-state index in [1.165, 1.54) is 6.07 Å². The van der Waals surface area contributed by atoms with E-state index >= 15 is 0 Å². The van der Waals surface area contributed by atoms with Crippen molar-refractivity contribution in [3.8, 4) is 0 Å². The van der Waals surface area contributed by atoms with Gasteiger partial charge in [0.05, 0.1) is 4.92 Å². The number of rotatable bonds is 7. The average Bonchev–Trinajstić information content (AvgIpc) is 3.45. The van der Waals surface area contributed by atoms with Crippen LogP contribution in [0, 0.1) is 10.1 Å². The number of halogens is 1. The Morgan fingerprint density at radius 3 is 2.27 bits per heavy atom. The Bertz CT molecular complexity index is 1270. The molecule has 0 radical (unpaired) electrons. The third kappa shape index (κ3) is 5.87. The molecule has 0 spiro atoms. The number of nitro groups is 1. The zero-order valence-corrected chi connectivity index (χ0v) is 21.4. The van der Waals surface area contributed by atoms with Gasteiger partial charge in [-0.1, -0.05) is 29.8 Å². The van der Waals surface area contributed by atoms with E-state index in [0.29, 0.717) is 11.4 Å². The molecule has 0 aliphatic carbocycles. The molecule has 5 rings (SSSR count). The number of anilines is 3. The molecule has 1 N–H and O–H groups in total. The molecular weight excluding hydrogens is 490 g/mol. The van der Waals surface area contributed by atoms with Crippen LogP contribution < -0.4 is 15.1 Å². The predicted molar refractivity (Wildman–Crippen MR) is 148 cm³/mol. The second-order valence-corrected chi connectivity index (χ2v) is 9.92. The molecular formula is C28H30ClN5O3. The van der Waals surface area contributed by atoms with Gasteiger partial charge in [0.2, 0.25) is 0 Å². The van der Waals surface area contributed by atoms with Gasteiger partial charge in [-0.25, -0.2) is 0 Å². The summed E-state index contributed by atoms with van der Waals surface area (Å²) >= 11 is 6.31. The number of carbonyl (C=O) groups excluding carboxylic acids is 1. The van der Waals surface area contributed by atoms with Crippen LogP contribution in [0.3, 0.4) is 0 Å². The summed E-state index contributed by atoms with van der Waals surface area (Å²) in [7, 11) is 0. The van der Waals surface area contributed by atoms with Crippen LogP contribution in [0.2, 0.25) is 5.02 Å². The number of amides is 1. The summed E-state index contributed by atoms with van der Waals surface area (Å²) in [4.78, 5) is 30.8. The molecule has 0 saturated carbocycles. The second kappa shape index (κ2) is 11.2. The van der Waals surface area contributed by atoms with Crippen molar-refractivity contribution in [1.82, 2.24) is 4.90 Å². The highest BCUT2D eigenvalue weighted by atomic mass is 35.5. The fourth-order valence-electron chi connectivity index (χ4n) is 5.03. The molecule has 2 fully saturated rings. The fraction of sp³-hybridized carbons (Fsp3) is 0.321. The van der Waals surface area contributed by atoms with Gasteiger partial charge in [-0.15, -0.1) is 0 Å². The van der Waals surface area contributed by atoms with Crippen LogP contribution in [0.4, 0.5) is 22.7 Å². The van der Waals surface area contributed by atoms with Crippen molar-refractivity contribution in [3.05, 3.63) is 93.0 Å². The lowest BCUT2D eigenvalue weighted by molar-refractivity contribution is -0.384. The SMILES string of the molecule is O=C(Nc1ccc(N2CCN(Cc3ccccc3Cl)CC2)cc1)c1ccc(N2CCCC2)c([N+](=O)[O-])c1.